The minimum atomic E-state index is -0.575. The number of hydrogen-bond acceptors (Lipinski definition) is 20. The van der Waals surface area contributed by atoms with Crippen LogP contribution in [0.25, 0.3) is 44.5 Å². The molecule has 0 spiro atoms. The molecule has 4 aromatic rings. The molecule has 1 radical (unpaired) electrons. The molecule has 2 N–H and O–H groups in total. The summed E-state index contributed by atoms with van der Waals surface area (Å²) in [5.41, 5.74) is 11.1. The van der Waals surface area contributed by atoms with E-state index in [4.69, 9.17) is 78.4 Å². The van der Waals surface area contributed by atoms with Crippen molar-refractivity contribution in [3.8, 4) is 125 Å². The topological polar surface area (TPSA) is 238 Å². The zero-order chi connectivity index (χ0) is 77.2. The third-order valence-corrected chi connectivity index (χ3v) is 16.3. The van der Waals surface area contributed by atoms with Gasteiger partial charge in [-0.05, 0) is 180 Å². The van der Waals surface area contributed by atoms with E-state index in [1.54, 1.807) is 94.6 Å². The summed E-state index contributed by atoms with van der Waals surface area (Å²) in [6.45, 7) is 5.31. The van der Waals surface area contributed by atoms with Crippen molar-refractivity contribution in [3.05, 3.63) is 251 Å². The SMILES string of the molecule is CC(C)(C)OO.COc1cc(C(=O)Cl)cc(OC)c1OC.COc1cc(C(=O)c2ccc3ccc(O)ccc2-3)cc(OC)c1OC.COc1cc(C(=O)c2ccc3cccccc2-3)cc(OC)c1OC.COc1ccc2ccc(C(=O)c3cc(OC)c(OC)c(OC)c3)c-2cc1.[Cu].c1ccc2cccc-2cc1. The molecule has 0 fully saturated rings. The van der Waals surface area contributed by atoms with Crippen LogP contribution in [0.4, 0.5) is 0 Å². The summed E-state index contributed by atoms with van der Waals surface area (Å²) in [7, 11) is 19.7. The Hall–Kier alpha value is -11.7. The molecule has 0 aliphatic heterocycles. The zero-order valence-electron chi connectivity index (χ0n) is 62.1. The van der Waals surface area contributed by atoms with Gasteiger partial charge in [0.05, 0.1) is 98.0 Å². The molecule has 22 heteroatoms. The Morgan fingerprint density at radius 1 is 0.299 bits per heavy atom. The number of methoxy groups -OCH3 is 13. The molecule has 12 rings (SSSR count). The predicted octanol–water partition coefficient (Wildman–Crippen LogP) is 18.0. The van der Waals surface area contributed by atoms with E-state index in [2.05, 4.69) is 47.4 Å². The van der Waals surface area contributed by atoms with Gasteiger partial charge in [0.1, 0.15) is 11.5 Å². The first kappa shape index (κ1) is 84.2. The molecule has 20 nitrogen and oxygen atoms in total. The molecule has 8 aliphatic rings. The largest absolute Gasteiger partial charge is 0.508 e. The van der Waals surface area contributed by atoms with Gasteiger partial charge in [-0.25, -0.2) is 4.89 Å². The van der Waals surface area contributed by atoms with Crippen LogP contribution in [0.5, 0.6) is 80.5 Å². The van der Waals surface area contributed by atoms with Gasteiger partial charge in [0.2, 0.25) is 23.0 Å². The van der Waals surface area contributed by atoms with Gasteiger partial charge in [0.25, 0.3) is 5.24 Å². The normalized spacial score (nSPS) is 10.3. The quantitative estimate of drug-likeness (QED) is 0.0237. The molecule has 4 aromatic carbocycles. The first-order chi connectivity index (χ1) is 51.1. The fourth-order valence-corrected chi connectivity index (χ4v) is 11.0. The average Bonchev–Trinajstić information content (AvgIpc) is 1.49. The summed E-state index contributed by atoms with van der Waals surface area (Å²) >= 11 is 5.37. The average molecular weight is 1530 g/mol. The van der Waals surface area contributed by atoms with Crippen molar-refractivity contribution in [1.29, 1.82) is 0 Å². The van der Waals surface area contributed by atoms with Crippen LogP contribution in [0.1, 0.15) is 78.9 Å². The summed E-state index contributed by atoms with van der Waals surface area (Å²) in [6.07, 6.45) is 0. The summed E-state index contributed by atoms with van der Waals surface area (Å²) in [4.78, 5) is 54.1. The Labute approximate surface area is 638 Å². The van der Waals surface area contributed by atoms with Crippen molar-refractivity contribution in [3.63, 3.8) is 0 Å². The summed E-state index contributed by atoms with van der Waals surface area (Å²) in [6, 6.07) is 64.7. The number of hydrogen-bond donors (Lipinski definition) is 2. The fourth-order valence-electron chi connectivity index (χ4n) is 10.8. The van der Waals surface area contributed by atoms with Crippen LogP contribution >= 0.6 is 11.6 Å². The molecule has 0 heterocycles. The fraction of sp³-hybridized carbons (Fsp3) is 0.200. The molecule has 0 aromatic heterocycles. The molecule has 0 atom stereocenters. The first-order valence-electron chi connectivity index (χ1n) is 32.6. The van der Waals surface area contributed by atoms with Crippen molar-refractivity contribution in [1.82, 2.24) is 0 Å². The Balaban J connectivity index is 0.000000210. The maximum absolute atomic E-state index is 13.1. The van der Waals surface area contributed by atoms with Crippen molar-refractivity contribution < 1.29 is 113 Å². The molecule has 8 aliphatic carbocycles. The van der Waals surface area contributed by atoms with Crippen LogP contribution in [-0.2, 0) is 22.0 Å². The molecule has 0 saturated carbocycles. The van der Waals surface area contributed by atoms with E-state index in [0.717, 1.165) is 39.1 Å². The molecule has 0 unspecified atom stereocenters. The van der Waals surface area contributed by atoms with E-state index in [9.17, 15) is 24.3 Å². The van der Waals surface area contributed by atoms with Gasteiger partial charge in [-0.2, -0.15) is 0 Å². The minimum absolute atomic E-state index is 0. The third-order valence-electron chi connectivity index (χ3n) is 16.1. The smallest absolute Gasteiger partial charge is 0.252 e. The number of ketones is 3. The van der Waals surface area contributed by atoms with Crippen LogP contribution in [0.15, 0.2) is 212 Å². The van der Waals surface area contributed by atoms with Crippen LogP contribution < -0.4 is 61.6 Å². The van der Waals surface area contributed by atoms with Crippen molar-refractivity contribution >= 4 is 34.2 Å². The Morgan fingerprint density at radius 3 is 0.860 bits per heavy atom. The standard InChI is InChI=1S/C21H20O5.C20H18O5.C20H18O4.C10H11ClO4.C10H8.C4H10O2.Cu/c1-23-15-7-5-13-6-9-17(16(13)10-8-15)20(22)14-11-18(24-2)21(26-4)19(12-14)25-3;1-23-17-10-13(11-18(24-2)20(17)25-3)19(22)16-8-5-12-4-6-14(21)7-9-15(12)16;1-22-17-11-14(12-18(23-2)20(17)24-3)19(21)16-10-9-13-7-5-4-6-8-15(13)16;1-13-7-4-6(10(11)12)5-8(14-2)9(7)15-3;1-2-5-9-7-4-8-10(9)6-3-1;1-4(2,3)6-5;/h5-12H,1-4H3;4-11,21H,1-3H3;4-12H,1-3H3;4-5H,1-3H3;1-8H;5H,1-3H3;. The van der Waals surface area contributed by atoms with Crippen molar-refractivity contribution in [2.45, 2.75) is 26.4 Å². The van der Waals surface area contributed by atoms with Gasteiger partial charge in [0, 0.05) is 56.0 Å². The van der Waals surface area contributed by atoms with E-state index < -0.39 is 10.8 Å². The van der Waals surface area contributed by atoms with Crippen molar-refractivity contribution in [2.24, 2.45) is 0 Å². The number of carbonyl (C=O) groups excluding carboxylic acids is 4. The van der Waals surface area contributed by atoms with E-state index in [0.29, 0.717) is 108 Å². The maximum Gasteiger partial charge on any atom is 0.252 e. The Bertz CT molecular complexity index is 4670. The second-order valence-electron chi connectivity index (χ2n) is 23.6. The van der Waals surface area contributed by atoms with E-state index in [1.807, 2.05) is 91.0 Å². The first-order valence-corrected chi connectivity index (χ1v) is 33.0. The summed E-state index contributed by atoms with van der Waals surface area (Å²) < 4.78 is 68.3. The van der Waals surface area contributed by atoms with Gasteiger partial charge in [-0.3, -0.25) is 24.4 Å². The molecule has 0 saturated heterocycles. The molecule has 0 amide bonds. The summed E-state index contributed by atoms with van der Waals surface area (Å²) in [5.74, 6) is 5.74. The molecular weight excluding hydrogens is 1440 g/mol. The molecule has 563 valence electrons. The third kappa shape index (κ3) is 21.3. The molecular formula is C85H85ClCuO20. The second kappa shape index (κ2) is 40.5. The summed E-state index contributed by atoms with van der Waals surface area (Å²) in [5, 5.41) is 17.0. The maximum atomic E-state index is 13.1. The van der Waals surface area contributed by atoms with Crippen LogP contribution in [0.3, 0.4) is 0 Å². The van der Waals surface area contributed by atoms with Gasteiger partial charge >= 0.3 is 0 Å². The number of rotatable bonds is 20. The minimum Gasteiger partial charge on any atom is -0.508 e. The second-order valence-corrected chi connectivity index (χ2v) is 23.9. The zero-order valence-corrected chi connectivity index (χ0v) is 63.8. The van der Waals surface area contributed by atoms with Crippen LogP contribution in [0.2, 0.25) is 0 Å². The number of benzene rings is 4. The Morgan fingerprint density at radius 2 is 0.551 bits per heavy atom. The monoisotopic (exact) mass is 1520 g/mol. The van der Waals surface area contributed by atoms with E-state index >= 15 is 0 Å². The van der Waals surface area contributed by atoms with Gasteiger partial charge in [-0.15, -0.1) is 0 Å². The molecule has 0 bridgehead atoms. The molecule has 107 heavy (non-hydrogen) atoms. The van der Waals surface area contributed by atoms with Crippen LogP contribution in [0, 0.1) is 0 Å². The Kier molecular flexibility index (Phi) is 31.9. The van der Waals surface area contributed by atoms with Gasteiger partial charge in [-0.1, -0.05) is 109 Å². The van der Waals surface area contributed by atoms with Crippen molar-refractivity contribution in [2.75, 3.05) is 92.4 Å². The number of halogens is 1. The number of ether oxygens (including phenoxy) is 13. The number of aromatic hydroxyl groups is 1. The van der Waals surface area contributed by atoms with Gasteiger partial charge in [0.15, 0.2) is 63.3 Å². The van der Waals surface area contributed by atoms with Crippen LogP contribution in [-0.4, -0.2) is 131 Å². The van der Waals surface area contributed by atoms with E-state index in [-0.39, 0.29) is 40.2 Å². The number of carbonyl (C=O) groups is 4. The van der Waals surface area contributed by atoms with Gasteiger partial charge < -0.3 is 66.7 Å². The van der Waals surface area contributed by atoms with E-state index in [1.165, 1.54) is 109 Å². The number of fused-ring (bicyclic) bond motifs is 4. The predicted molar refractivity (Wildman–Crippen MR) is 409 cm³/mol.